The molecule has 2 rings (SSSR count). The van der Waals surface area contributed by atoms with Gasteiger partial charge in [-0.15, -0.1) is 0 Å². The first-order chi connectivity index (χ1) is 9.81. The van der Waals surface area contributed by atoms with Gasteiger partial charge in [0.25, 0.3) is 0 Å². The molecule has 21 heavy (non-hydrogen) atoms. The van der Waals surface area contributed by atoms with E-state index in [0.29, 0.717) is 13.0 Å². The van der Waals surface area contributed by atoms with Crippen molar-refractivity contribution in [1.29, 1.82) is 0 Å². The van der Waals surface area contributed by atoms with Gasteiger partial charge in [-0.1, -0.05) is 0 Å². The number of aryl methyl sites for hydroxylation is 1. The Morgan fingerprint density at radius 2 is 2.33 bits per heavy atom. The van der Waals surface area contributed by atoms with E-state index in [1.807, 2.05) is 0 Å². The SMILES string of the molecule is O=C(O)CCn1cc(S(=O)(=O)NCC2(O)CCOC2)cn1. The Morgan fingerprint density at radius 1 is 1.57 bits per heavy atom. The molecule has 0 amide bonds. The van der Waals surface area contributed by atoms with Gasteiger partial charge in [-0.3, -0.25) is 9.48 Å². The first kappa shape index (κ1) is 15.9. The van der Waals surface area contributed by atoms with Gasteiger partial charge in [0.15, 0.2) is 0 Å². The Bertz CT molecular complexity index is 605. The third-order valence-electron chi connectivity index (χ3n) is 3.15. The molecule has 10 heteroatoms. The molecule has 0 radical (unpaired) electrons. The van der Waals surface area contributed by atoms with Crippen molar-refractivity contribution in [2.45, 2.75) is 29.9 Å². The minimum Gasteiger partial charge on any atom is -0.481 e. The van der Waals surface area contributed by atoms with E-state index in [-0.39, 0.29) is 31.0 Å². The molecule has 9 nitrogen and oxygen atoms in total. The molecule has 1 aliphatic heterocycles. The van der Waals surface area contributed by atoms with E-state index in [9.17, 15) is 18.3 Å². The average molecular weight is 319 g/mol. The molecule has 0 bridgehead atoms. The lowest BCUT2D eigenvalue weighted by molar-refractivity contribution is -0.137. The first-order valence-corrected chi connectivity index (χ1v) is 7.83. The maximum absolute atomic E-state index is 12.0. The molecule has 1 aromatic heterocycles. The molecule has 1 atom stereocenters. The number of aliphatic carboxylic acids is 1. The predicted octanol–water partition coefficient (Wildman–Crippen LogP) is -1.21. The lowest BCUT2D eigenvalue weighted by atomic mass is 10.1. The summed E-state index contributed by atoms with van der Waals surface area (Å²) in [5.74, 6) is -0.989. The number of nitrogens with one attached hydrogen (secondary N) is 1. The summed E-state index contributed by atoms with van der Waals surface area (Å²) >= 11 is 0. The van der Waals surface area contributed by atoms with Crippen LogP contribution in [-0.2, 0) is 26.1 Å². The van der Waals surface area contributed by atoms with Gasteiger partial charge in [-0.2, -0.15) is 5.10 Å². The molecule has 1 aromatic rings. The Hall–Kier alpha value is -1.49. The molecular weight excluding hydrogens is 302 g/mol. The normalized spacial score (nSPS) is 22.5. The van der Waals surface area contributed by atoms with Gasteiger partial charge in [-0.25, -0.2) is 13.1 Å². The Labute approximate surface area is 121 Å². The summed E-state index contributed by atoms with van der Waals surface area (Å²) < 4.78 is 32.7. The maximum Gasteiger partial charge on any atom is 0.305 e. The summed E-state index contributed by atoms with van der Waals surface area (Å²) in [6.07, 6.45) is 2.61. The highest BCUT2D eigenvalue weighted by molar-refractivity contribution is 7.89. The van der Waals surface area contributed by atoms with Gasteiger partial charge < -0.3 is 14.9 Å². The van der Waals surface area contributed by atoms with Crippen molar-refractivity contribution in [3.63, 3.8) is 0 Å². The van der Waals surface area contributed by atoms with Crippen molar-refractivity contribution >= 4 is 16.0 Å². The Kier molecular flexibility index (Phi) is 4.61. The van der Waals surface area contributed by atoms with Gasteiger partial charge >= 0.3 is 5.97 Å². The van der Waals surface area contributed by atoms with Crippen LogP contribution in [0.4, 0.5) is 0 Å². The molecule has 2 heterocycles. The van der Waals surface area contributed by atoms with Crippen molar-refractivity contribution in [1.82, 2.24) is 14.5 Å². The fourth-order valence-electron chi connectivity index (χ4n) is 1.86. The number of carboxylic acid groups (broad SMARTS) is 1. The monoisotopic (exact) mass is 319 g/mol. The predicted molar refractivity (Wildman–Crippen MR) is 70.1 cm³/mol. The zero-order chi connectivity index (χ0) is 15.5. The number of aromatic nitrogens is 2. The van der Waals surface area contributed by atoms with E-state index >= 15 is 0 Å². The summed E-state index contributed by atoms with van der Waals surface area (Å²) in [5.41, 5.74) is -1.19. The summed E-state index contributed by atoms with van der Waals surface area (Å²) in [7, 11) is -3.80. The first-order valence-electron chi connectivity index (χ1n) is 6.35. The van der Waals surface area contributed by atoms with Crippen LogP contribution in [0.2, 0.25) is 0 Å². The number of carbonyl (C=O) groups is 1. The molecule has 1 aliphatic rings. The number of hydrogen-bond donors (Lipinski definition) is 3. The number of hydrogen-bond acceptors (Lipinski definition) is 6. The molecule has 1 fully saturated rings. The van der Waals surface area contributed by atoms with Gasteiger partial charge in [0.05, 0.1) is 25.8 Å². The number of sulfonamides is 1. The molecule has 1 unspecified atom stereocenters. The number of carboxylic acids is 1. The Balaban J connectivity index is 1.97. The molecular formula is C11H17N3O6S. The van der Waals surface area contributed by atoms with Crippen molar-refractivity contribution in [3.05, 3.63) is 12.4 Å². The van der Waals surface area contributed by atoms with Gasteiger partial charge in [0.2, 0.25) is 10.0 Å². The van der Waals surface area contributed by atoms with E-state index < -0.39 is 21.6 Å². The second kappa shape index (κ2) is 6.10. The molecule has 0 spiro atoms. The van der Waals surface area contributed by atoms with Crippen LogP contribution in [0.3, 0.4) is 0 Å². The van der Waals surface area contributed by atoms with Gasteiger partial charge in [0, 0.05) is 25.8 Å². The molecule has 118 valence electrons. The highest BCUT2D eigenvalue weighted by atomic mass is 32.2. The minimum atomic E-state index is -3.80. The third kappa shape index (κ3) is 4.24. The molecule has 0 aliphatic carbocycles. The topological polar surface area (TPSA) is 131 Å². The third-order valence-corrected chi connectivity index (χ3v) is 4.50. The molecule has 0 aromatic carbocycles. The smallest absolute Gasteiger partial charge is 0.305 e. The zero-order valence-corrected chi connectivity index (χ0v) is 12.0. The standard InChI is InChI=1S/C11H17N3O6S/c15-10(16)1-3-14-6-9(5-12-14)21(18,19)13-7-11(17)2-4-20-8-11/h5-6,13,17H,1-4,7-8H2,(H,15,16). The summed E-state index contributed by atoms with van der Waals surface area (Å²) in [5, 5.41) is 22.4. The molecule has 1 saturated heterocycles. The molecule has 0 saturated carbocycles. The molecule has 3 N–H and O–H groups in total. The zero-order valence-electron chi connectivity index (χ0n) is 11.2. The van der Waals surface area contributed by atoms with Crippen molar-refractivity contribution in [3.8, 4) is 0 Å². The van der Waals surface area contributed by atoms with E-state index in [1.165, 1.54) is 10.9 Å². The van der Waals surface area contributed by atoms with Crippen LogP contribution in [-0.4, -0.2) is 59.7 Å². The van der Waals surface area contributed by atoms with Crippen LogP contribution in [0.15, 0.2) is 17.3 Å². The van der Waals surface area contributed by atoms with Crippen LogP contribution < -0.4 is 4.72 Å². The van der Waals surface area contributed by atoms with Gasteiger partial charge in [-0.05, 0) is 0 Å². The number of rotatable bonds is 7. The van der Waals surface area contributed by atoms with E-state index in [0.717, 1.165) is 6.20 Å². The number of nitrogens with zero attached hydrogens (tertiary/aromatic N) is 2. The summed E-state index contributed by atoms with van der Waals surface area (Å²) in [6.45, 7) is 0.428. The quantitative estimate of drug-likeness (QED) is 0.574. The fraction of sp³-hybridized carbons (Fsp3) is 0.636. The number of aliphatic hydroxyl groups is 1. The second-order valence-electron chi connectivity index (χ2n) is 4.93. The van der Waals surface area contributed by atoms with Crippen LogP contribution in [0.5, 0.6) is 0 Å². The maximum atomic E-state index is 12.0. The van der Waals surface area contributed by atoms with Crippen LogP contribution in [0, 0.1) is 0 Å². The highest BCUT2D eigenvalue weighted by Crippen LogP contribution is 2.18. The fourth-order valence-corrected chi connectivity index (χ4v) is 2.94. The number of ether oxygens (including phenoxy) is 1. The largest absolute Gasteiger partial charge is 0.481 e. The van der Waals surface area contributed by atoms with E-state index in [2.05, 4.69) is 9.82 Å². The van der Waals surface area contributed by atoms with Crippen LogP contribution in [0.1, 0.15) is 12.8 Å². The van der Waals surface area contributed by atoms with Crippen molar-refractivity contribution in [2.24, 2.45) is 0 Å². The van der Waals surface area contributed by atoms with E-state index in [1.54, 1.807) is 0 Å². The summed E-state index contributed by atoms with van der Waals surface area (Å²) in [4.78, 5) is 10.4. The average Bonchev–Trinajstić information content (AvgIpc) is 3.04. The van der Waals surface area contributed by atoms with E-state index in [4.69, 9.17) is 9.84 Å². The van der Waals surface area contributed by atoms with Crippen LogP contribution >= 0.6 is 0 Å². The lowest BCUT2D eigenvalue weighted by Crippen LogP contribution is -2.43. The van der Waals surface area contributed by atoms with Gasteiger partial charge in [0.1, 0.15) is 10.5 Å². The minimum absolute atomic E-state index is 0.0737. The van der Waals surface area contributed by atoms with Crippen molar-refractivity contribution in [2.75, 3.05) is 19.8 Å². The lowest BCUT2D eigenvalue weighted by Gasteiger charge is -2.20. The second-order valence-corrected chi connectivity index (χ2v) is 6.70. The Morgan fingerprint density at radius 3 is 2.95 bits per heavy atom. The van der Waals surface area contributed by atoms with Crippen molar-refractivity contribution < 1.29 is 28.2 Å². The summed E-state index contributed by atoms with van der Waals surface area (Å²) in [6, 6.07) is 0. The van der Waals surface area contributed by atoms with Crippen LogP contribution in [0.25, 0.3) is 0 Å². The highest BCUT2D eigenvalue weighted by Gasteiger charge is 2.33.